The lowest BCUT2D eigenvalue weighted by atomic mass is 10.0. The van der Waals surface area contributed by atoms with Crippen LogP contribution >= 0.6 is 7.82 Å². The number of phosphoric acid groups is 1. The second-order valence-corrected chi connectivity index (χ2v) is 27.5. The average molecular weight is 1160 g/mol. The van der Waals surface area contributed by atoms with Crippen LogP contribution in [0.1, 0.15) is 386 Å². The number of quaternary nitrogens is 1. The van der Waals surface area contributed by atoms with Gasteiger partial charge in [-0.05, 0) is 12.8 Å². The highest BCUT2D eigenvalue weighted by atomic mass is 31.2. The molecular formula is C70H141NO8P+. The second-order valence-electron chi connectivity index (χ2n) is 26.0. The lowest BCUT2D eigenvalue weighted by Gasteiger charge is -2.24. The Bertz CT molecular complexity index is 1310. The van der Waals surface area contributed by atoms with Gasteiger partial charge < -0.3 is 18.9 Å². The van der Waals surface area contributed by atoms with Gasteiger partial charge in [-0.15, -0.1) is 0 Å². The van der Waals surface area contributed by atoms with Gasteiger partial charge >= 0.3 is 19.8 Å². The van der Waals surface area contributed by atoms with Gasteiger partial charge in [-0.1, -0.05) is 361 Å². The van der Waals surface area contributed by atoms with Crippen molar-refractivity contribution in [3.8, 4) is 0 Å². The summed E-state index contributed by atoms with van der Waals surface area (Å²) in [5, 5.41) is 0. The zero-order valence-electron chi connectivity index (χ0n) is 54.6. The number of unbranched alkanes of at least 4 members (excludes halogenated alkanes) is 54. The normalized spacial score (nSPS) is 13.0. The van der Waals surface area contributed by atoms with Crippen molar-refractivity contribution in [2.75, 3.05) is 47.5 Å². The van der Waals surface area contributed by atoms with Crippen LogP contribution in [0.25, 0.3) is 0 Å². The van der Waals surface area contributed by atoms with E-state index in [1.165, 1.54) is 321 Å². The molecule has 10 heteroatoms. The van der Waals surface area contributed by atoms with Crippen molar-refractivity contribution >= 4 is 19.8 Å². The second kappa shape index (κ2) is 62.5. The molecule has 0 aliphatic rings. The van der Waals surface area contributed by atoms with Gasteiger partial charge in [0.2, 0.25) is 0 Å². The Balaban J connectivity index is 3.96. The predicted octanol–water partition coefficient (Wildman–Crippen LogP) is 22.9. The number of nitrogens with zero attached hydrogens (tertiary/aromatic N) is 1. The van der Waals surface area contributed by atoms with Gasteiger partial charge in [0.15, 0.2) is 6.10 Å². The molecule has 0 saturated carbocycles. The van der Waals surface area contributed by atoms with E-state index in [0.717, 1.165) is 38.5 Å². The van der Waals surface area contributed by atoms with Gasteiger partial charge in [-0.3, -0.25) is 18.6 Å². The van der Waals surface area contributed by atoms with E-state index in [9.17, 15) is 19.0 Å². The Morgan fingerprint density at radius 3 is 0.800 bits per heavy atom. The van der Waals surface area contributed by atoms with Crippen molar-refractivity contribution in [1.29, 1.82) is 0 Å². The average Bonchev–Trinajstić information content (AvgIpc) is 3.42. The molecule has 80 heavy (non-hydrogen) atoms. The fraction of sp³-hybridized carbons (Fsp3) is 0.971. The molecule has 0 fully saturated rings. The number of carbonyl (C=O) groups is 2. The summed E-state index contributed by atoms with van der Waals surface area (Å²) in [6.45, 7) is 4.54. The Labute approximate surface area is 499 Å². The molecule has 0 aromatic carbocycles. The number of likely N-dealkylation sites (N-methyl/N-ethyl adjacent to an activating group) is 1. The van der Waals surface area contributed by atoms with Crippen molar-refractivity contribution < 1.29 is 42.1 Å². The third-order valence-corrected chi connectivity index (χ3v) is 17.6. The topological polar surface area (TPSA) is 108 Å². The van der Waals surface area contributed by atoms with E-state index in [1.54, 1.807) is 0 Å². The highest BCUT2D eigenvalue weighted by Gasteiger charge is 2.27. The summed E-state index contributed by atoms with van der Waals surface area (Å²) in [6, 6.07) is 0. The molecule has 0 heterocycles. The molecule has 2 atom stereocenters. The fourth-order valence-corrected chi connectivity index (χ4v) is 11.9. The monoisotopic (exact) mass is 1160 g/mol. The third-order valence-electron chi connectivity index (χ3n) is 16.6. The smallest absolute Gasteiger partial charge is 0.462 e. The lowest BCUT2D eigenvalue weighted by Crippen LogP contribution is -2.37. The van der Waals surface area contributed by atoms with Crippen molar-refractivity contribution in [2.45, 2.75) is 392 Å². The van der Waals surface area contributed by atoms with Crippen LogP contribution in [0.3, 0.4) is 0 Å². The Morgan fingerprint density at radius 2 is 0.562 bits per heavy atom. The van der Waals surface area contributed by atoms with E-state index in [4.69, 9.17) is 18.5 Å². The van der Waals surface area contributed by atoms with E-state index in [1.807, 2.05) is 21.1 Å². The maximum atomic E-state index is 12.9. The summed E-state index contributed by atoms with van der Waals surface area (Å²) in [5.74, 6) is -0.767. The van der Waals surface area contributed by atoms with Gasteiger partial charge in [0.1, 0.15) is 19.8 Å². The van der Waals surface area contributed by atoms with Crippen molar-refractivity contribution in [3.05, 3.63) is 0 Å². The predicted molar refractivity (Wildman–Crippen MR) is 345 cm³/mol. The number of hydrogen-bond acceptors (Lipinski definition) is 7. The first-order valence-corrected chi connectivity index (χ1v) is 37.3. The Kier molecular flexibility index (Phi) is 61.8. The number of hydrogen-bond donors (Lipinski definition) is 1. The van der Waals surface area contributed by atoms with Crippen LogP contribution in [0.5, 0.6) is 0 Å². The molecule has 0 bridgehead atoms. The summed E-state index contributed by atoms with van der Waals surface area (Å²) in [4.78, 5) is 35.9. The number of ether oxygens (including phenoxy) is 2. The highest BCUT2D eigenvalue weighted by molar-refractivity contribution is 7.47. The molecule has 0 aliphatic heterocycles. The first kappa shape index (κ1) is 79.0. The summed E-state index contributed by atoms with van der Waals surface area (Å²) >= 11 is 0. The molecule has 0 rings (SSSR count). The maximum Gasteiger partial charge on any atom is 0.472 e. The van der Waals surface area contributed by atoms with Gasteiger partial charge in [0.05, 0.1) is 27.7 Å². The van der Waals surface area contributed by atoms with Crippen LogP contribution in [0.4, 0.5) is 0 Å². The summed E-state index contributed by atoms with van der Waals surface area (Å²) in [7, 11) is 1.51. The molecule has 0 aromatic rings. The molecule has 0 amide bonds. The zero-order chi connectivity index (χ0) is 58.4. The minimum Gasteiger partial charge on any atom is -0.462 e. The van der Waals surface area contributed by atoms with Crippen molar-refractivity contribution in [2.24, 2.45) is 0 Å². The molecule has 0 aliphatic carbocycles. The van der Waals surface area contributed by atoms with Gasteiger partial charge in [-0.2, -0.15) is 0 Å². The standard InChI is InChI=1S/C70H140NO8P/c1-6-8-10-12-14-16-18-20-22-24-26-28-30-32-34-36-38-40-42-44-46-48-50-52-54-56-58-60-62-69(72)76-66-68(67-78-80(74,75)77-65-64-71(3,4)5)79-70(73)63-61-59-57-55-53-51-49-47-45-43-41-39-37-35-33-31-29-27-25-23-21-19-17-15-13-11-9-7-2/h68H,6-67H2,1-5H3/p+1. The highest BCUT2D eigenvalue weighted by Crippen LogP contribution is 2.43. The van der Waals surface area contributed by atoms with E-state index in [2.05, 4.69) is 13.8 Å². The number of rotatable bonds is 68. The van der Waals surface area contributed by atoms with Gasteiger partial charge in [-0.25, -0.2) is 4.57 Å². The summed E-state index contributed by atoms with van der Waals surface area (Å²) < 4.78 is 34.8. The largest absolute Gasteiger partial charge is 0.472 e. The minimum absolute atomic E-state index is 0.0377. The SMILES string of the molecule is CCCCCCCCCCCCCCCCCCCCCCCCCCCCCCC(=O)OCC(COP(=O)(O)OCC[N+](C)(C)C)OC(=O)CCCCCCCCCCCCCCCCCCCCCCCCCCCCCC. The van der Waals surface area contributed by atoms with E-state index in [-0.39, 0.29) is 25.6 Å². The van der Waals surface area contributed by atoms with Crippen LogP contribution in [-0.2, 0) is 32.7 Å². The quantitative estimate of drug-likeness (QED) is 0.0278. The molecule has 0 spiro atoms. The van der Waals surface area contributed by atoms with Crippen LogP contribution in [-0.4, -0.2) is 74.9 Å². The van der Waals surface area contributed by atoms with E-state index in [0.29, 0.717) is 17.4 Å². The molecular weight excluding hydrogens is 1010 g/mol. The van der Waals surface area contributed by atoms with E-state index < -0.39 is 26.5 Å². The van der Waals surface area contributed by atoms with Crippen molar-refractivity contribution in [3.63, 3.8) is 0 Å². The van der Waals surface area contributed by atoms with Crippen LogP contribution in [0, 0.1) is 0 Å². The Morgan fingerprint density at radius 1 is 0.338 bits per heavy atom. The lowest BCUT2D eigenvalue weighted by molar-refractivity contribution is -0.870. The molecule has 478 valence electrons. The van der Waals surface area contributed by atoms with Gasteiger partial charge in [0, 0.05) is 12.8 Å². The van der Waals surface area contributed by atoms with Crippen molar-refractivity contribution in [1.82, 2.24) is 0 Å². The number of esters is 2. The summed E-state index contributed by atoms with van der Waals surface area (Å²) in [6.07, 6.45) is 75.1. The van der Waals surface area contributed by atoms with Crippen LogP contribution < -0.4 is 0 Å². The van der Waals surface area contributed by atoms with E-state index >= 15 is 0 Å². The third kappa shape index (κ3) is 66.2. The molecule has 9 nitrogen and oxygen atoms in total. The first-order valence-electron chi connectivity index (χ1n) is 35.8. The van der Waals surface area contributed by atoms with Crippen LogP contribution in [0.15, 0.2) is 0 Å². The number of carbonyl (C=O) groups excluding carboxylic acids is 2. The zero-order valence-corrected chi connectivity index (χ0v) is 55.5. The molecule has 0 radical (unpaired) electrons. The molecule has 0 saturated heterocycles. The fourth-order valence-electron chi connectivity index (χ4n) is 11.1. The minimum atomic E-state index is -4.38. The summed E-state index contributed by atoms with van der Waals surface area (Å²) in [5.41, 5.74) is 0. The Hall–Kier alpha value is -0.990. The molecule has 0 aromatic heterocycles. The maximum absolute atomic E-state index is 12.9. The molecule has 1 N–H and O–H groups in total. The van der Waals surface area contributed by atoms with Crippen LogP contribution in [0.2, 0.25) is 0 Å². The first-order chi connectivity index (χ1) is 39.0. The van der Waals surface area contributed by atoms with Gasteiger partial charge in [0.25, 0.3) is 0 Å². The number of phosphoric ester groups is 1. The molecule has 2 unspecified atom stereocenters.